The van der Waals surface area contributed by atoms with Crippen LogP contribution in [0.1, 0.15) is 0 Å². The third-order valence-corrected chi connectivity index (χ3v) is 7.27. The first-order valence-corrected chi connectivity index (χ1v) is 11.2. The average Bonchev–Trinajstić information content (AvgIpc) is 2.73. The van der Waals surface area contributed by atoms with Crippen molar-refractivity contribution in [3.8, 4) is 5.75 Å². The Morgan fingerprint density at radius 1 is 1.03 bits per heavy atom. The zero-order valence-electron chi connectivity index (χ0n) is 16.3. The highest BCUT2D eigenvalue weighted by molar-refractivity contribution is 7.91. The van der Waals surface area contributed by atoms with Crippen LogP contribution in [0.5, 0.6) is 5.75 Å². The quantitative estimate of drug-likeness (QED) is 0.630. The van der Waals surface area contributed by atoms with Gasteiger partial charge in [-0.2, -0.15) is 0 Å². The maximum absolute atomic E-state index is 13.5. The molecule has 0 saturated carbocycles. The predicted octanol–water partition coefficient (Wildman–Crippen LogP) is 3.48. The number of ether oxygens (including phenoxy) is 1. The number of likely N-dealkylation sites (N-methyl/N-ethyl adjacent to an activating group) is 1. The lowest BCUT2D eigenvalue weighted by atomic mass is 10.1. The number of aromatic nitrogens is 1. The van der Waals surface area contributed by atoms with Crippen molar-refractivity contribution in [3.05, 3.63) is 53.7 Å². The molecule has 2 heterocycles. The van der Waals surface area contributed by atoms with E-state index >= 15 is 0 Å². The minimum Gasteiger partial charge on any atom is -0.497 e. The maximum atomic E-state index is 13.5. The summed E-state index contributed by atoms with van der Waals surface area (Å²) in [5, 5.41) is 1.26. The first-order valence-electron chi connectivity index (χ1n) is 9.31. The fraction of sp³-hybridized carbons (Fsp3) is 0.286. The number of piperazine rings is 1. The topological polar surface area (TPSA) is 62.7 Å². The Morgan fingerprint density at radius 3 is 2.38 bits per heavy atom. The number of methoxy groups -OCH3 is 1. The third-order valence-electron chi connectivity index (χ3n) is 5.25. The largest absolute Gasteiger partial charge is 0.497 e. The van der Waals surface area contributed by atoms with Gasteiger partial charge in [0.15, 0.2) is 0 Å². The van der Waals surface area contributed by atoms with Crippen LogP contribution in [0, 0.1) is 0 Å². The van der Waals surface area contributed by atoms with E-state index in [2.05, 4.69) is 21.8 Å². The van der Waals surface area contributed by atoms with E-state index in [4.69, 9.17) is 16.3 Å². The molecule has 152 valence electrons. The molecule has 0 unspecified atom stereocenters. The highest BCUT2D eigenvalue weighted by Crippen LogP contribution is 2.37. The SMILES string of the molecule is COc1ccc2ncc(S(=O)(=O)c3ccc(Cl)cc3)c(N3CCN(C)CC3)c2c1. The summed E-state index contributed by atoms with van der Waals surface area (Å²) in [4.78, 5) is 9.19. The van der Waals surface area contributed by atoms with E-state index in [1.807, 2.05) is 18.2 Å². The maximum Gasteiger partial charge on any atom is 0.210 e. The van der Waals surface area contributed by atoms with Crippen molar-refractivity contribution in [2.24, 2.45) is 0 Å². The van der Waals surface area contributed by atoms with Crippen molar-refractivity contribution in [2.75, 3.05) is 45.2 Å². The summed E-state index contributed by atoms with van der Waals surface area (Å²) in [6, 6.07) is 11.8. The van der Waals surface area contributed by atoms with Gasteiger partial charge in [-0.25, -0.2) is 8.42 Å². The molecule has 4 rings (SSSR count). The van der Waals surface area contributed by atoms with Gasteiger partial charge in [0.25, 0.3) is 0 Å². The second-order valence-electron chi connectivity index (χ2n) is 7.10. The lowest BCUT2D eigenvalue weighted by Gasteiger charge is -2.35. The number of pyridine rings is 1. The number of anilines is 1. The van der Waals surface area contributed by atoms with Gasteiger partial charge >= 0.3 is 0 Å². The van der Waals surface area contributed by atoms with Crippen LogP contribution in [0.25, 0.3) is 10.9 Å². The molecule has 0 radical (unpaired) electrons. The van der Waals surface area contributed by atoms with Gasteiger partial charge < -0.3 is 14.5 Å². The van der Waals surface area contributed by atoms with Gasteiger partial charge in [0.1, 0.15) is 10.6 Å². The standard InChI is InChI=1S/C21H22ClN3O3S/c1-24-9-11-25(12-10-24)21-18-13-16(28-2)5-8-19(18)23-14-20(21)29(26,27)17-6-3-15(22)4-7-17/h3-8,13-14H,9-12H2,1-2H3. The van der Waals surface area contributed by atoms with Gasteiger partial charge in [0, 0.05) is 42.8 Å². The predicted molar refractivity (Wildman–Crippen MR) is 115 cm³/mol. The Hall–Kier alpha value is -2.35. The van der Waals surface area contributed by atoms with E-state index < -0.39 is 9.84 Å². The molecule has 1 saturated heterocycles. The summed E-state index contributed by atoms with van der Waals surface area (Å²) < 4.78 is 32.4. The van der Waals surface area contributed by atoms with Gasteiger partial charge in [0.2, 0.25) is 9.84 Å². The fourth-order valence-corrected chi connectivity index (χ4v) is 5.12. The van der Waals surface area contributed by atoms with Gasteiger partial charge in [-0.05, 0) is 49.5 Å². The summed E-state index contributed by atoms with van der Waals surface area (Å²) in [5.74, 6) is 0.663. The fourth-order valence-electron chi connectivity index (χ4n) is 3.56. The van der Waals surface area contributed by atoms with Crippen LogP contribution in [0.2, 0.25) is 5.02 Å². The lowest BCUT2D eigenvalue weighted by Crippen LogP contribution is -2.45. The zero-order valence-corrected chi connectivity index (χ0v) is 17.9. The van der Waals surface area contributed by atoms with Crippen LogP contribution < -0.4 is 9.64 Å². The molecule has 1 aliphatic heterocycles. The van der Waals surface area contributed by atoms with Crippen LogP contribution in [0.3, 0.4) is 0 Å². The second-order valence-corrected chi connectivity index (χ2v) is 9.46. The smallest absolute Gasteiger partial charge is 0.210 e. The second kappa shape index (κ2) is 7.82. The van der Waals surface area contributed by atoms with E-state index in [9.17, 15) is 8.42 Å². The van der Waals surface area contributed by atoms with Crippen LogP contribution in [-0.2, 0) is 9.84 Å². The third kappa shape index (κ3) is 3.77. The molecule has 1 aliphatic rings. The van der Waals surface area contributed by atoms with Crippen molar-refractivity contribution in [2.45, 2.75) is 9.79 Å². The molecular weight excluding hydrogens is 410 g/mol. The minimum absolute atomic E-state index is 0.196. The van der Waals surface area contributed by atoms with Crippen molar-refractivity contribution in [3.63, 3.8) is 0 Å². The Kier molecular flexibility index (Phi) is 5.38. The summed E-state index contributed by atoms with van der Waals surface area (Å²) >= 11 is 5.95. The molecule has 1 fully saturated rings. The Balaban J connectivity index is 1.95. The Morgan fingerprint density at radius 2 is 1.72 bits per heavy atom. The Labute approximate surface area is 175 Å². The number of sulfone groups is 1. The van der Waals surface area contributed by atoms with Crippen molar-refractivity contribution >= 4 is 38.0 Å². The minimum atomic E-state index is -3.78. The summed E-state index contributed by atoms with van der Waals surface area (Å²) in [6.07, 6.45) is 1.46. The van der Waals surface area contributed by atoms with Crippen LogP contribution >= 0.6 is 11.6 Å². The van der Waals surface area contributed by atoms with Gasteiger partial charge in [-0.15, -0.1) is 0 Å². The first-order chi connectivity index (χ1) is 13.9. The molecule has 0 bridgehead atoms. The van der Waals surface area contributed by atoms with Crippen LogP contribution in [0.4, 0.5) is 5.69 Å². The normalized spacial score (nSPS) is 15.6. The molecule has 0 amide bonds. The summed E-state index contributed by atoms with van der Waals surface area (Å²) in [6.45, 7) is 3.17. The monoisotopic (exact) mass is 431 g/mol. The molecule has 0 N–H and O–H groups in total. The number of nitrogens with zero attached hydrogens (tertiary/aromatic N) is 3. The van der Waals surface area contributed by atoms with Gasteiger partial charge in [-0.1, -0.05) is 11.6 Å². The van der Waals surface area contributed by atoms with Crippen LogP contribution in [-0.4, -0.2) is 58.6 Å². The van der Waals surface area contributed by atoms with Gasteiger partial charge in [0.05, 0.1) is 23.2 Å². The number of halogens is 1. The molecule has 0 aliphatic carbocycles. The molecule has 1 aromatic heterocycles. The molecule has 6 nitrogen and oxygen atoms in total. The number of rotatable bonds is 4. The van der Waals surface area contributed by atoms with E-state index in [-0.39, 0.29) is 9.79 Å². The molecule has 8 heteroatoms. The Bertz CT molecular complexity index is 1140. The molecule has 29 heavy (non-hydrogen) atoms. The van der Waals surface area contributed by atoms with Crippen molar-refractivity contribution in [1.29, 1.82) is 0 Å². The number of fused-ring (bicyclic) bond motifs is 1. The van der Waals surface area contributed by atoms with E-state index in [1.165, 1.54) is 18.3 Å². The van der Waals surface area contributed by atoms with E-state index in [0.29, 0.717) is 16.5 Å². The summed E-state index contributed by atoms with van der Waals surface area (Å²) in [5.41, 5.74) is 1.41. The first kappa shape index (κ1) is 19.9. The van der Waals surface area contributed by atoms with Crippen LogP contribution in [0.15, 0.2) is 58.5 Å². The number of benzene rings is 2. The van der Waals surface area contributed by atoms with E-state index in [0.717, 1.165) is 37.1 Å². The molecule has 3 aromatic rings. The number of hydrogen-bond donors (Lipinski definition) is 0. The highest BCUT2D eigenvalue weighted by atomic mass is 35.5. The average molecular weight is 432 g/mol. The lowest BCUT2D eigenvalue weighted by molar-refractivity contribution is 0.312. The van der Waals surface area contributed by atoms with Crippen molar-refractivity contribution in [1.82, 2.24) is 9.88 Å². The molecular formula is C21H22ClN3O3S. The zero-order chi connectivity index (χ0) is 20.6. The molecule has 2 aromatic carbocycles. The molecule has 0 spiro atoms. The highest BCUT2D eigenvalue weighted by Gasteiger charge is 2.28. The number of hydrogen-bond acceptors (Lipinski definition) is 6. The van der Waals surface area contributed by atoms with E-state index in [1.54, 1.807) is 19.2 Å². The summed E-state index contributed by atoms with van der Waals surface area (Å²) in [7, 11) is -0.116. The van der Waals surface area contributed by atoms with Crippen molar-refractivity contribution < 1.29 is 13.2 Å². The molecule has 0 atom stereocenters. The van der Waals surface area contributed by atoms with Gasteiger partial charge in [-0.3, -0.25) is 4.98 Å².